The largest absolute Gasteiger partial charge is 0.342 e. The highest BCUT2D eigenvalue weighted by Crippen LogP contribution is 2.39. The lowest BCUT2D eigenvalue weighted by Crippen LogP contribution is -2.28. The Morgan fingerprint density at radius 3 is 2.84 bits per heavy atom. The molecule has 0 bridgehead atoms. The lowest BCUT2D eigenvalue weighted by molar-refractivity contribution is -0.130. The standard InChI is InChI=1S/C20H25N3O2/c24-19(8-4-7-15-5-2-1-3-6-15)23-12-11-16(14-23)13-18-21-20(25-22-18)17-9-10-17/h1-3,5-6,16-17H,4,7-14H2. The Balaban J connectivity index is 1.20. The minimum atomic E-state index is 0.283. The zero-order valence-corrected chi connectivity index (χ0v) is 14.6. The predicted octanol–water partition coefficient (Wildman–Crippen LogP) is 3.36. The molecule has 1 unspecified atom stereocenters. The van der Waals surface area contributed by atoms with Gasteiger partial charge in [0.15, 0.2) is 5.82 Å². The first kappa shape index (κ1) is 16.3. The highest BCUT2D eigenvalue weighted by molar-refractivity contribution is 5.76. The molecule has 1 saturated carbocycles. The summed E-state index contributed by atoms with van der Waals surface area (Å²) < 4.78 is 5.33. The number of aryl methyl sites for hydroxylation is 1. The molecule has 2 aromatic rings. The number of rotatable bonds is 7. The van der Waals surface area contributed by atoms with E-state index in [2.05, 4.69) is 34.4 Å². The van der Waals surface area contributed by atoms with E-state index in [4.69, 9.17) is 4.52 Å². The molecule has 4 rings (SSSR count). The molecule has 5 heteroatoms. The van der Waals surface area contributed by atoms with Crippen LogP contribution in [0.25, 0.3) is 0 Å². The first-order chi connectivity index (χ1) is 12.3. The lowest BCUT2D eigenvalue weighted by atomic mass is 10.0. The number of carbonyl (C=O) groups is 1. The number of nitrogens with zero attached hydrogens (tertiary/aromatic N) is 3. The maximum absolute atomic E-state index is 12.4. The third-order valence-electron chi connectivity index (χ3n) is 5.22. The van der Waals surface area contributed by atoms with Crippen LogP contribution < -0.4 is 0 Å². The first-order valence-corrected chi connectivity index (χ1v) is 9.42. The first-order valence-electron chi connectivity index (χ1n) is 9.42. The molecule has 1 aromatic heterocycles. The van der Waals surface area contributed by atoms with Gasteiger partial charge in [-0.3, -0.25) is 4.79 Å². The van der Waals surface area contributed by atoms with Crippen LogP contribution in [0.5, 0.6) is 0 Å². The van der Waals surface area contributed by atoms with Gasteiger partial charge >= 0.3 is 0 Å². The summed E-state index contributed by atoms with van der Waals surface area (Å²) in [4.78, 5) is 18.9. The molecule has 132 valence electrons. The van der Waals surface area contributed by atoms with Crippen molar-refractivity contribution in [1.82, 2.24) is 15.0 Å². The van der Waals surface area contributed by atoms with E-state index in [1.54, 1.807) is 0 Å². The molecule has 1 aliphatic carbocycles. The van der Waals surface area contributed by atoms with Gasteiger partial charge in [0.2, 0.25) is 11.8 Å². The number of hydrogen-bond donors (Lipinski definition) is 0. The van der Waals surface area contributed by atoms with Gasteiger partial charge < -0.3 is 9.42 Å². The third-order valence-corrected chi connectivity index (χ3v) is 5.22. The normalized spacial score (nSPS) is 20.2. The van der Waals surface area contributed by atoms with Gasteiger partial charge in [-0.2, -0.15) is 4.98 Å². The average Bonchev–Trinajstić information content (AvgIpc) is 3.20. The van der Waals surface area contributed by atoms with Crippen LogP contribution in [-0.4, -0.2) is 34.0 Å². The fourth-order valence-electron chi connectivity index (χ4n) is 3.58. The van der Waals surface area contributed by atoms with Gasteiger partial charge in [0.25, 0.3) is 0 Å². The number of hydrogen-bond acceptors (Lipinski definition) is 4. The van der Waals surface area contributed by atoms with Crippen molar-refractivity contribution in [3.8, 4) is 0 Å². The molecule has 2 fully saturated rings. The Kier molecular flexibility index (Phi) is 4.81. The Hall–Kier alpha value is -2.17. The maximum Gasteiger partial charge on any atom is 0.229 e. The Labute approximate surface area is 148 Å². The molecule has 2 aliphatic rings. The quantitative estimate of drug-likeness (QED) is 0.776. The van der Waals surface area contributed by atoms with Crippen molar-refractivity contribution in [3.05, 3.63) is 47.6 Å². The summed E-state index contributed by atoms with van der Waals surface area (Å²) in [6, 6.07) is 10.4. The monoisotopic (exact) mass is 339 g/mol. The number of aromatic nitrogens is 2. The van der Waals surface area contributed by atoms with Gasteiger partial charge in [-0.15, -0.1) is 0 Å². The molecule has 5 nitrogen and oxygen atoms in total. The Morgan fingerprint density at radius 1 is 1.20 bits per heavy atom. The van der Waals surface area contributed by atoms with E-state index < -0.39 is 0 Å². The topological polar surface area (TPSA) is 59.2 Å². The van der Waals surface area contributed by atoms with E-state index in [9.17, 15) is 4.79 Å². The zero-order valence-electron chi connectivity index (χ0n) is 14.6. The Bertz CT molecular complexity index is 709. The van der Waals surface area contributed by atoms with Gasteiger partial charge in [0.1, 0.15) is 0 Å². The van der Waals surface area contributed by atoms with Gasteiger partial charge in [-0.25, -0.2) is 0 Å². The van der Waals surface area contributed by atoms with Crippen molar-refractivity contribution < 1.29 is 9.32 Å². The molecule has 25 heavy (non-hydrogen) atoms. The van der Waals surface area contributed by atoms with Crippen LogP contribution >= 0.6 is 0 Å². The van der Waals surface area contributed by atoms with E-state index in [0.29, 0.717) is 18.3 Å². The van der Waals surface area contributed by atoms with Crippen molar-refractivity contribution in [2.45, 2.75) is 50.9 Å². The van der Waals surface area contributed by atoms with E-state index in [1.807, 2.05) is 11.0 Å². The summed E-state index contributed by atoms with van der Waals surface area (Å²) in [7, 11) is 0. The van der Waals surface area contributed by atoms with Gasteiger partial charge in [0, 0.05) is 31.8 Å². The fourth-order valence-corrected chi connectivity index (χ4v) is 3.58. The molecule has 1 saturated heterocycles. The number of likely N-dealkylation sites (tertiary alicyclic amines) is 1. The van der Waals surface area contributed by atoms with E-state index >= 15 is 0 Å². The summed E-state index contributed by atoms with van der Waals surface area (Å²) in [5.41, 5.74) is 1.30. The molecule has 1 aromatic carbocycles. The van der Waals surface area contributed by atoms with Crippen LogP contribution in [0.1, 0.15) is 55.3 Å². The summed E-state index contributed by atoms with van der Waals surface area (Å²) in [6.45, 7) is 1.69. The molecule has 0 N–H and O–H groups in total. The summed E-state index contributed by atoms with van der Waals surface area (Å²) in [6.07, 6.45) is 6.74. The van der Waals surface area contributed by atoms with Crippen LogP contribution in [-0.2, 0) is 17.6 Å². The van der Waals surface area contributed by atoms with Crippen LogP contribution in [0, 0.1) is 5.92 Å². The van der Waals surface area contributed by atoms with E-state index in [-0.39, 0.29) is 5.91 Å². The minimum Gasteiger partial charge on any atom is -0.342 e. The second-order valence-corrected chi connectivity index (χ2v) is 7.36. The second kappa shape index (κ2) is 7.38. The molecule has 0 spiro atoms. The average molecular weight is 339 g/mol. The van der Waals surface area contributed by atoms with Crippen LogP contribution in [0.4, 0.5) is 0 Å². The SMILES string of the molecule is O=C(CCCc1ccccc1)N1CCC(Cc2noc(C3CC3)n2)C1. The van der Waals surface area contributed by atoms with Crippen molar-refractivity contribution >= 4 is 5.91 Å². The molecule has 1 atom stereocenters. The van der Waals surface area contributed by atoms with Crippen molar-refractivity contribution in [2.24, 2.45) is 5.92 Å². The zero-order chi connectivity index (χ0) is 17.1. The predicted molar refractivity (Wildman–Crippen MR) is 94.0 cm³/mol. The smallest absolute Gasteiger partial charge is 0.229 e. The number of benzene rings is 1. The molecular weight excluding hydrogens is 314 g/mol. The van der Waals surface area contributed by atoms with Crippen molar-refractivity contribution in [3.63, 3.8) is 0 Å². The van der Waals surface area contributed by atoms with Crippen LogP contribution in [0.15, 0.2) is 34.9 Å². The van der Waals surface area contributed by atoms with E-state index in [1.165, 1.54) is 18.4 Å². The molecule has 0 radical (unpaired) electrons. The van der Waals surface area contributed by atoms with Crippen LogP contribution in [0.2, 0.25) is 0 Å². The van der Waals surface area contributed by atoms with Crippen molar-refractivity contribution in [1.29, 1.82) is 0 Å². The summed E-state index contributed by atoms with van der Waals surface area (Å²) in [5.74, 6) is 2.87. The van der Waals surface area contributed by atoms with E-state index in [0.717, 1.165) is 50.5 Å². The van der Waals surface area contributed by atoms with Gasteiger partial charge in [0.05, 0.1) is 0 Å². The molecule has 2 heterocycles. The summed E-state index contributed by atoms with van der Waals surface area (Å²) in [5, 5.41) is 4.10. The third kappa shape index (κ3) is 4.27. The lowest BCUT2D eigenvalue weighted by Gasteiger charge is -2.16. The fraction of sp³-hybridized carbons (Fsp3) is 0.550. The highest BCUT2D eigenvalue weighted by Gasteiger charge is 2.31. The van der Waals surface area contributed by atoms with Crippen LogP contribution in [0.3, 0.4) is 0 Å². The maximum atomic E-state index is 12.4. The second-order valence-electron chi connectivity index (χ2n) is 7.36. The highest BCUT2D eigenvalue weighted by atomic mass is 16.5. The summed E-state index contributed by atoms with van der Waals surface area (Å²) >= 11 is 0. The number of amides is 1. The molecule has 1 amide bonds. The Morgan fingerprint density at radius 2 is 2.04 bits per heavy atom. The number of carbonyl (C=O) groups excluding carboxylic acids is 1. The minimum absolute atomic E-state index is 0.283. The van der Waals surface area contributed by atoms with Gasteiger partial charge in [-0.1, -0.05) is 35.5 Å². The molecule has 1 aliphatic heterocycles. The van der Waals surface area contributed by atoms with Gasteiger partial charge in [-0.05, 0) is 43.6 Å². The van der Waals surface area contributed by atoms with Crippen molar-refractivity contribution in [2.75, 3.05) is 13.1 Å². The molecular formula is C20H25N3O2.